The van der Waals surface area contributed by atoms with Crippen molar-refractivity contribution in [2.45, 2.75) is 25.3 Å². The van der Waals surface area contributed by atoms with Crippen LogP contribution >= 0.6 is 0 Å². The fraction of sp³-hybridized carbons (Fsp3) is 0.174. The minimum absolute atomic E-state index is 0.00430. The number of aryl methyl sites for hydroxylation is 2. The molecule has 0 unspecified atom stereocenters. The molecule has 156 valence electrons. The highest BCUT2D eigenvalue weighted by atomic mass is 32.2. The van der Waals surface area contributed by atoms with E-state index in [9.17, 15) is 18.3 Å². The molecule has 0 spiro atoms. The van der Waals surface area contributed by atoms with Gasteiger partial charge in [-0.15, -0.1) is 0 Å². The standard InChI is InChI=1S/C23H24N2O4S/c1-16-9-11-20(13-17(16)2)30(28,29)24-21-14-19(23(26)27)10-12-22(21)25(3)15-18-7-5-4-6-8-18/h4-14,24H,15H2,1-3H3,(H,26,27). The van der Waals surface area contributed by atoms with Crippen LogP contribution in [0, 0.1) is 13.8 Å². The molecule has 0 aromatic heterocycles. The second kappa shape index (κ2) is 8.59. The fourth-order valence-corrected chi connectivity index (χ4v) is 4.26. The van der Waals surface area contributed by atoms with Gasteiger partial charge in [-0.25, -0.2) is 13.2 Å². The third-order valence-electron chi connectivity index (χ3n) is 4.95. The van der Waals surface area contributed by atoms with Crippen LogP contribution in [0.3, 0.4) is 0 Å². The van der Waals surface area contributed by atoms with Crippen LogP contribution in [0.25, 0.3) is 0 Å². The van der Waals surface area contributed by atoms with Crippen LogP contribution in [-0.2, 0) is 16.6 Å². The molecule has 2 N–H and O–H groups in total. The number of nitrogens with zero attached hydrogens (tertiary/aromatic N) is 1. The second-order valence-corrected chi connectivity index (χ2v) is 8.91. The van der Waals surface area contributed by atoms with E-state index in [2.05, 4.69) is 4.72 Å². The van der Waals surface area contributed by atoms with Gasteiger partial charge in [0, 0.05) is 13.6 Å². The Labute approximate surface area is 176 Å². The van der Waals surface area contributed by atoms with Gasteiger partial charge in [-0.2, -0.15) is 0 Å². The van der Waals surface area contributed by atoms with E-state index in [0.717, 1.165) is 16.7 Å². The lowest BCUT2D eigenvalue weighted by atomic mass is 10.1. The summed E-state index contributed by atoms with van der Waals surface area (Å²) in [6.45, 7) is 4.29. The van der Waals surface area contributed by atoms with Gasteiger partial charge < -0.3 is 10.0 Å². The van der Waals surface area contributed by atoms with E-state index in [4.69, 9.17) is 0 Å². The molecule has 0 saturated carbocycles. The van der Waals surface area contributed by atoms with Crippen LogP contribution in [0.4, 0.5) is 11.4 Å². The van der Waals surface area contributed by atoms with Gasteiger partial charge in [0.25, 0.3) is 10.0 Å². The monoisotopic (exact) mass is 424 g/mol. The maximum absolute atomic E-state index is 13.0. The molecular formula is C23H24N2O4S. The Morgan fingerprint density at radius 2 is 1.67 bits per heavy atom. The predicted molar refractivity (Wildman–Crippen MR) is 119 cm³/mol. The molecule has 3 rings (SSSR count). The fourth-order valence-electron chi connectivity index (χ4n) is 3.11. The molecule has 7 heteroatoms. The van der Waals surface area contributed by atoms with E-state index in [1.54, 1.807) is 24.3 Å². The molecule has 0 aliphatic rings. The first-order chi connectivity index (χ1) is 14.2. The summed E-state index contributed by atoms with van der Waals surface area (Å²) in [6, 6.07) is 19.1. The van der Waals surface area contributed by atoms with E-state index < -0.39 is 16.0 Å². The highest BCUT2D eigenvalue weighted by Gasteiger charge is 2.20. The summed E-state index contributed by atoms with van der Waals surface area (Å²) in [6.07, 6.45) is 0. The van der Waals surface area contributed by atoms with Crippen molar-refractivity contribution in [2.24, 2.45) is 0 Å². The topological polar surface area (TPSA) is 86.7 Å². The highest BCUT2D eigenvalue weighted by molar-refractivity contribution is 7.92. The van der Waals surface area contributed by atoms with Crippen LogP contribution in [0.15, 0.2) is 71.6 Å². The van der Waals surface area contributed by atoms with E-state index in [1.165, 1.54) is 12.1 Å². The summed E-state index contributed by atoms with van der Waals surface area (Å²) in [7, 11) is -2.06. The molecule has 6 nitrogen and oxygen atoms in total. The quantitative estimate of drug-likeness (QED) is 0.586. The molecule has 0 bridgehead atoms. The third kappa shape index (κ3) is 4.80. The number of anilines is 2. The van der Waals surface area contributed by atoms with Gasteiger partial charge in [0.1, 0.15) is 0 Å². The number of hydrogen-bond acceptors (Lipinski definition) is 4. The maximum Gasteiger partial charge on any atom is 0.335 e. The maximum atomic E-state index is 13.0. The Balaban J connectivity index is 1.99. The minimum atomic E-state index is -3.89. The summed E-state index contributed by atoms with van der Waals surface area (Å²) in [5.41, 5.74) is 3.70. The van der Waals surface area contributed by atoms with Gasteiger partial charge in [-0.1, -0.05) is 36.4 Å². The first-order valence-corrected chi connectivity index (χ1v) is 10.9. The number of rotatable bonds is 7. The molecule has 3 aromatic rings. The zero-order valence-electron chi connectivity index (χ0n) is 17.1. The molecule has 3 aromatic carbocycles. The molecule has 0 atom stereocenters. The molecular weight excluding hydrogens is 400 g/mol. The van der Waals surface area contributed by atoms with Crippen molar-refractivity contribution in [3.05, 3.63) is 89.0 Å². The smallest absolute Gasteiger partial charge is 0.335 e. The van der Waals surface area contributed by atoms with Crippen LogP contribution < -0.4 is 9.62 Å². The van der Waals surface area contributed by atoms with Gasteiger partial charge in [0.2, 0.25) is 0 Å². The molecule has 0 fully saturated rings. The first-order valence-electron chi connectivity index (χ1n) is 9.40. The van der Waals surface area contributed by atoms with Crippen LogP contribution in [-0.4, -0.2) is 26.5 Å². The largest absolute Gasteiger partial charge is 0.478 e. The average Bonchev–Trinajstić information content (AvgIpc) is 2.70. The second-order valence-electron chi connectivity index (χ2n) is 7.23. The normalized spacial score (nSPS) is 11.2. The van der Waals surface area contributed by atoms with Crippen LogP contribution in [0.1, 0.15) is 27.0 Å². The van der Waals surface area contributed by atoms with Gasteiger partial charge >= 0.3 is 5.97 Å². The Morgan fingerprint density at radius 1 is 0.967 bits per heavy atom. The molecule has 0 radical (unpaired) electrons. The Kier molecular flexibility index (Phi) is 6.12. The molecule has 30 heavy (non-hydrogen) atoms. The van der Waals surface area contributed by atoms with Crippen LogP contribution in [0.5, 0.6) is 0 Å². The summed E-state index contributed by atoms with van der Waals surface area (Å²) < 4.78 is 28.6. The van der Waals surface area contributed by atoms with Crippen molar-refractivity contribution in [3.63, 3.8) is 0 Å². The number of aromatic carboxylic acids is 1. The first kappa shape index (κ1) is 21.4. The number of hydrogen-bond donors (Lipinski definition) is 2. The minimum Gasteiger partial charge on any atom is -0.478 e. The molecule has 0 aliphatic carbocycles. The predicted octanol–water partition coefficient (Wildman–Crippen LogP) is 4.44. The van der Waals surface area contributed by atoms with E-state index in [0.29, 0.717) is 12.2 Å². The zero-order valence-corrected chi connectivity index (χ0v) is 17.9. The molecule has 0 amide bonds. The number of benzene rings is 3. The third-order valence-corrected chi connectivity index (χ3v) is 6.31. The van der Waals surface area contributed by atoms with E-state index >= 15 is 0 Å². The van der Waals surface area contributed by atoms with Crippen LogP contribution in [0.2, 0.25) is 0 Å². The Morgan fingerprint density at radius 3 is 2.30 bits per heavy atom. The molecule has 0 saturated heterocycles. The van der Waals surface area contributed by atoms with Crippen molar-refractivity contribution >= 4 is 27.4 Å². The SMILES string of the molecule is Cc1ccc(S(=O)(=O)Nc2cc(C(=O)O)ccc2N(C)Cc2ccccc2)cc1C. The average molecular weight is 425 g/mol. The summed E-state index contributed by atoms with van der Waals surface area (Å²) in [4.78, 5) is 13.5. The Hall–Kier alpha value is -3.32. The summed E-state index contributed by atoms with van der Waals surface area (Å²) in [5.74, 6) is -1.13. The van der Waals surface area contributed by atoms with Gasteiger partial charge in [-0.3, -0.25) is 4.72 Å². The lowest BCUT2D eigenvalue weighted by Gasteiger charge is -2.23. The number of carboxylic acid groups (broad SMARTS) is 1. The van der Waals surface area contributed by atoms with Gasteiger partial charge in [-0.05, 0) is 60.9 Å². The van der Waals surface area contributed by atoms with E-state index in [1.807, 2.05) is 56.1 Å². The van der Waals surface area contributed by atoms with Crippen molar-refractivity contribution in [1.82, 2.24) is 0 Å². The van der Waals surface area contributed by atoms with Crippen molar-refractivity contribution in [2.75, 3.05) is 16.7 Å². The lowest BCUT2D eigenvalue weighted by Crippen LogP contribution is -2.21. The number of carboxylic acids is 1. The Bertz CT molecular complexity index is 1180. The summed E-state index contributed by atoms with van der Waals surface area (Å²) in [5, 5.41) is 9.37. The number of nitrogens with one attached hydrogen (secondary N) is 1. The van der Waals surface area contributed by atoms with Crippen molar-refractivity contribution in [3.8, 4) is 0 Å². The van der Waals surface area contributed by atoms with Gasteiger partial charge in [0.05, 0.1) is 21.8 Å². The van der Waals surface area contributed by atoms with Crippen molar-refractivity contribution in [1.29, 1.82) is 0 Å². The number of sulfonamides is 1. The van der Waals surface area contributed by atoms with Gasteiger partial charge in [0.15, 0.2) is 0 Å². The zero-order chi connectivity index (χ0) is 21.9. The molecule has 0 aliphatic heterocycles. The highest BCUT2D eigenvalue weighted by Crippen LogP contribution is 2.30. The van der Waals surface area contributed by atoms with Crippen molar-refractivity contribution < 1.29 is 18.3 Å². The van der Waals surface area contributed by atoms with E-state index in [-0.39, 0.29) is 16.1 Å². The lowest BCUT2D eigenvalue weighted by molar-refractivity contribution is 0.0697. The summed E-state index contributed by atoms with van der Waals surface area (Å²) >= 11 is 0. The molecule has 0 heterocycles. The number of carbonyl (C=O) groups is 1.